The Labute approximate surface area is 168 Å². The van der Waals surface area contributed by atoms with Crippen molar-refractivity contribution in [2.75, 3.05) is 6.61 Å². The number of nitrogens with one attached hydrogen (secondary N) is 1. The Bertz CT molecular complexity index is 1110. The van der Waals surface area contributed by atoms with Crippen LogP contribution in [-0.2, 0) is 4.79 Å². The summed E-state index contributed by atoms with van der Waals surface area (Å²) in [6.07, 6.45) is 0. The monoisotopic (exact) mass is 384 g/mol. The Hall–Kier alpha value is -3.86. The smallest absolute Gasteiger partial charge is 0.258 e. The van der Waals surface area contributed by atoms with E-state index in [1.54, 1.807) is 24.3 Å². The average molecular weight is 384 g/mol. The van der Waals surface area contributed by atoms with Crippen LogP contribution in [0.5, 0.6) is 11.5 Å². The van der Waals surface area contributed by atoms with Crippen molar-refractivity contribution in [3.63, 3.8) is 0 Å². The predicted molar refractivity (Wildman–Crippen MR) is 112 cm³/mol. The van der Waals surface area contributed by atoms with E-state index in [9.17, 15) is 9.90 Å². The van der Waals surface area contributed by atoms with Gasteiger partial charge in [-0.1, -0.05) is 66.7 Å². The molecule has 0 saturated heterocycles. The van der Waals surface area contributed by atoms with Crippen LogP contribution in [0.3, 0.4) is 0 Å². The molecule has 5 heteroatoms. The topological polar surface area (TPSA) is 71.5 Å². The molecule has 0 bridgehead atoms. The van der Waals surface area contributed by atoms with Crippen LogP contribution >= 0.6 is 0 Å². The van der Waals surface area contributed by atoms with Gasteiger partial charge in [-0.25, -0.2) is 4.98 Å². The molecule has 0 aliphatic rings. The van der Waals surface area contributed by atoms with Crippen molar-refractivity contribution in [1.29, 1.82) is 0 Å². The molecule has 4 aromatic rings. The minimum Gasteiger partial charge on any atom is -0.506 e. The fourth-order valence-corrected chi connectivity index (χ4v) is 3.15. The van der Waals surface area contributed by atoms with E-state index in [0.29, 0.717) is 17.0 Å². The summed E-state index contributed by atoms with van der Waals surface area (Å²) in [5, 5.41) is 14.0. The van der Waals surface area contributed by atoms with Crippen LogP contribution in [0.25, 0.3) is 10.9 Å². The summed E-state index contributed by atoms with van der Waals surface area (Å²) >= 11 is 0. The van der Waals surface area contributed by atoms with Crippen molar-refractivity contribution in [3.8, 4) is 11.5 Å². The Morgan fingerprint density at radius 3 is 2.38 bits per heavy atom. The molecule has 1 amide bonds. The first-order valence-corrected chi connectivity index (χ1v) is 9.31. The van der Waals surface area contributed by atoms with E-state index in [2.05, 4.69) is 10.3 Å². The molecule has 1 atom stereocenters. The van der Waals surface area contributed by atoms with Gasteiger partial charge >= 0.3 is 0 Å². The maximum absolute atomic E-state index is 12.6. The summed E-state index contributed by atoms with van der Waals surface area (Å²) in [6.45, 7) is -0.105. The molecular weight excluding hydrogens is 364 g/mol. The molecular formula is C24H20N2O3. The van der Waals surface area contributed by atoms with Crippen molar-refractivity contribution in [2.24, 2.45) is 0 Å². The van der Waals surface area contributed by atoms with Gasteiger partial charge in [-0.3, -0.25) is 4.79 Å². The van der Waals surface area contributed by atoms with Crippen LogP contribution in [-0.4, -0.2) is 22.6 Å². The first kappa shape index (κ1) is 18.5. The number of phenols is 1. The molecule has 144 valence electrons. The second kappa shape index (κ2) is 8.44. The Balaban J connectivity index is 1.60. The van der Waals surface area contributed by atoms with Gasteiger partial charge in [0.15, 0.2) is 6.61 Å². The number of aromatic nitrogens is 1. The van der Waals surface area contributed by atoms with Crippen LogP contribution in [0.2, 0.25) is 0 Å². The number of amides is 1. The summed E-state index contributed by atoms with van der Waals surface area (Å²) in [6, 6.07) is 27.3. The number of para-hydroxylation sites is 2. The van der Waals surface area contributed by atoms with Gasteiger partial charge in [0, 0.05) is 5.39 Å². The van der Waals surface area contributed by atoms with Gasteiger partial charge in [0.25, 0.3) is 5.91 Å². The number of carbonyl (C=O) groups is 1. The van der Waals surface area contributed by atoms with E-state index >= 15 is 0 Å². The molecule has 1 aromatic heterocycles. The number of nitrogens with zero attached hydrogens (tertiary/aromatic N) is 1. The summed E-state index contributed by atoms with van der Waals surface area (Å²) < 4.78 is 5.56. The van der Waals surface area contributed by atoms with E-state index in [-0.39, 0.29) is 18.3 Å². The molecule has 29 heavy (non-hydrogen) atoms. The number of fused-ring (bicyclic) bond motifs is 1. The van der Waals surface area contributed by atoms with Gasteiger partial charge in [-0.2, -0.15) is 0 Å². The third-order valence-electron chi connectivity index (χ3n) is 4.57. The molecule has 0 fully saturated rings. The second-order valence-corrected chi connectivity index (χ2v) is 6.60. The van der Waals surface area contributed by atoms with Crippen LogP contribution in [0.4, 0.5) is 0 Å². The summed E-state index contributed by atoms with van der Waals surface area (Å²) in [5.41, 5.74) is 2.03. The van der Waals surface area contributed by atoms with Crippen molar-refractivity contribution in [2.45, 2.75) is 6.04 Å². The average Bonchev–Trinajstić information content (AvgIpc) is 2.77. The van der Waals surface area contributed by atoms with Crippen molar-refractivity contribution in [1.82, 2.24) is 10.3 Å². The molecule has 0 aliphatic heterocycles. The molecule has 0 aliphatic carbocycles. The number of benzene rings is 3. The molecule has 4 rings (SSSR count). The first-order valence-electron chi connectivity index (χ1n) is 9.31. The van der Waals surface area contributed by atoms with Gasteiger partial charge in [-0.05, 0) is 29.8 Å². The number of carbonyl (C=O) groups excluding carboxylic acids is 1. The fraction of sp³-hybridized carbons (Fsp3) is 0.0833. The minimum absolute atomic E-state index is 0.105. The highest BCUT2D eigenvalue weighted by atomic mass is 16.5. The molecule has 0 radical (unpaired) electrons. The van der Waals surface area contributed by atoms with Crippen molar-refractivity contribution in [3.05, 3.63) is 102 Å². The maximum atomic E-state index is 12.6. The first-order chi connectivity index (χ1) is 14.2. The largest absolute Gasteiger partial charge is 0.506 e. The summed E-state index contributed by atoms with van der Waals surface area (Å²) in [7, 11) is 0. The van der Waals surface area contributed by atoms with E-state index in [0.717, 1.165) is 10.9 Å². The van der Waals surface area contributed by atoms with E-state index < -0.39 is 6.04 Å². The molecule has 0 saturated carbocycles. The third-order valence-corrected chi connectivity index (χ3v) is 4.57. The zero-order valence-corrected chi connectivity index (χ0v) is 15.7. The van der Waals surface area contributed by atoms with Crippen molar-refractivity contribution < 1.29 is 14.6 Å². The van der Waals surface area contributed by atoms with Gasteiger partial charge in [-0.15, -0.1) is 0 Å². The Morgan fingerprint density at radius 1 is 0.897 bits per heavy atom. The number of rotatable bonds is 6. The van der Waals surface area contributed by atoms with Gasteiger partial charge in [0.05, 0.1) is 11.7 Å². The summed E-state index contributed by atoms with van der Waals surface area (Å²) in [4.78, 5) is 17.2. The minimum atomic E-state index is -0.466. The van der Waals surface area contributed by atoms with Gasteiger partial charge in [0.1, 0.15) is 17.0 Å². The van der Waals surface area contributed by atoms with Crippen LogP contribution < -0.4 is 10.1 Å². The van der Waals surface area contributed by atoms with Crippen LogP contribution in [0.1, 0.15) is 17.3 Å². The number of aromatic hydroxyl groups is 1. The zero-order valence-electron chi connectivity index (χ0n) is 15.7. The fourth-order valence-electron chi connectivity index (χ4n) is 3.15. The highest BCUT2D eigenvalue weighted by Gasteiger charge is 2.19. The standard InChI is InChI=1S/C24H20N2O3/c27-21-13-7-10-18-14-15-20(25-24(18)21)23(17-8-3-1-4-9-17)26-22(28)16-29-19-11-5-2-6-12-19/h1-15,23,27H,16H2,(H,26,28). The third kappa shape index (κ3) is 4.35. The Morgan fingerprint density at radius 2 is 1.62 bits per heavy atom. The lowest BCUT2D eigenvalue weighted by atomic mass is 10.0. The molecule has 2 N–H and O–H groups in total. The van der Waals surface area contributed by atoms with Gasteiger partial charge in [0.2, 0.25) is 0 Å². The van der Waals surface area contributed by atoms with E-state index in [1.807, 2.05) is 66.7 Å². The van der Waals surface area contributed by atoms with Crippen LogP contribution in [0.15, 0.2) is 91.0 Å². The van der Waals surface area contributed by atoms with E-state index in [4.69, 9.17) is 4.74 Å². The number of hydrogen-bond donors (Lipinski definition) is 2. The predicted octanol–water partition coefficient (Wildman–Crippen LogP) is 4.23. The van der Waals surface area contributed by atoms with Crippen LogP contribution in [0, 0.1) is 0 Å². The molecule has 0 spiro atoms. The number of pyridine rings is 1. The lowest BCUT2D eigenvalue weighted by Gasteiger charge is -2.19. The summed E-state index contributed by atoms with van der Waals surface area (Å²) in [5.74, 6) is 0.476. The molecule has 1 unspecified atom stereocenters. The highest BCUT2D eigenvalue weighted by molar-refractivity contribution is 5.84. The lowest BCUT2D eigenvalue weighted by Crippen LogP contribution is -2.33. The lowest BCUT2D eigenvalue weighted by molar-refractivity contribution is -0.123. The zero-order chi connectivity index (χ0) is 20.1. The number of phenolic OH excluding ortho intramolecular Hbond substituents is 1. The number of hydrogen-bond acceptors (Lipinski definition) is 4. The molecule has 5 nitrogen and oxygen atoms in total. The van der Waals surface area contributed by atoms with Gasteiger partial charge < -0.3 is 15.2 Å². The highest BCUT2D eigenvalue weighted by Crippen LogP contribution is 2.27. The maximum Gasteiger partial charge on any atom is 0.258 e. The van der Waals surface area contributed by atoms with E-state index in [1.165, 1.54) is 0 Å². The normalized spacial score (nSPS) is 11.7. The van der Waals surface area contributed by atoms with Crippen molar-refractivity contribution >= 4 is 16.8 Å². The Kier molecular flexibility index (Phi) is 5.38. The molecule has 3 aromatic carbocycles. The quantitative estimate of drug-likeness (QED) is 0.522. The SMILES string of the molecule is O=C(COc1ccccc1)NC(c1ccccc1)c1ccc2cccc(O)c2n1. The molecule has 1 heterocycles. The number of ether oxygens (including phenoxy) is 1. The second-order valence-electron chi connectivity index (χ2n) is 6.60.